The average molecular weight is 381 g/mol. The van der Waals surface area contributed by atoms with Crippen LogP contribution in [0.1, 0.15) is 49.9 Å². The zero-order chi connectivity index (χ0) is 20.8. The van der Waals surface area contributed by atoms with Crippen LogP contribution in [0.4, 0.5) is 11.8 Å². The summed E-state index contributed by atoms with van der Waals surface area (Å²) in [5.41, 5.74) is 15.7. The zero-order valence-corrected chi connectivity index (χ0v) is 17.4. The number of hydrogen-bond acceptors (Lipinski definition) is 5. The highest BCUT2D eigenvalue weighted by Gasteiger charge is 2.05. The Morgan fingerprint density at radius 2 is 1.39 bits per heavy atom. The molecule has 5 heteroatoms. The van der Waals surface area contributed by atoms with Crippen molar-refractivity contribution in [3.05, 3.63) is 83.0 Å². The molecule has 1 aromatic heterocycles. The minimum absolute atomic E-state index is 0.194. The molecule has 1 heterocycles. The van der Waals surface area contributed by atoms with Gasteiger partial charge in [-0.1, -0.05) is 82.3 Å². The first-order chi connectivity index (χ1) is 13.7. The van der Waals surface area contributed by atoms with Crippen molar-refractivity contribution >= 4 is 11.8 Å². The smallest absolute Gasteiger partial charge is 0.221 e. The maximum absolute atomic E-state index is 5.90. The van der Waals surface area contributed by atoms with E-state index < -0.39 is 0 Å². The van der Waals surface area contributed by atoms with Crippen molar-refractivity contribution in [3.8, 4) is 0 Å². The fourth-order valence-electron chi connectivity index (χ4n) is 2.48. The molecule has 0 aliphatic rings. The lowest BCUT2D eigenvalue weighted by Gasteiger charge is -2.08. The lowest BCUT2D eigenvalue weighted by atomic mass is 10.0. The monoisotopic (exact) mass is 380 g/mol. The van der Waals surface area contributed by atoms with Crippen LogP contribution in [0.15, 0.2) is 60.8 Å². The maximum Gasteiger partial charge on any atom is 0.221 e. The normalized spacial score (nSPS) is 9.57. The Kier molecular flexibility index (Phi) is 11.0. The first-order valence-electron chi connectivity index (χ1n) is 9.77. The van der Waals surface area contributed by atoms with Gasteiger partial charge in [0.25, 0.3) is 0 Å². The van der Waals surface area contributed by atoms with Gasteiger partial charge >= 0.3 is 0 Å². The van der Waals surface area contributed by atoms with Gasteiger partial charge in [0.2, 0.25) is 5.95 Å². The summed E-state index contributed by atoms with van der Waals surface area (Å²) >= 11 is 0. The van der Waals surface area contributed by atoms with Gasteiger partial charge in [-0.15, -0.1) is 0 Å². The Bertz CT molecular complexity index is 807. The number of anilines is 2. The highest BCUT2D eigenvalue weighted by molar-refractivity contribution is 5.44. The van der Waals surface area contributed by atoms with E-state index >= 15 is 0 Å². The van der Waals surface area contributed by atoms with Crippen LogP contribution in [0.25, 0.3) is 0 Å². The average Bonchev–Trinajstić information content (AvgIpc) is 2.74. The summed E-state index contributed by atoms with van der Waals surface area (Å²) in [6, 6.07) is 18.4. The van der Waals surface area contributed by atoms with Crippen LogP contribution in [0, 0.1) is 0 Å². The van der Waals surface area contributed by atoms with Gasteiger partial charge < -0.3 is 16.2 Å². The molecule has 0 radical (unpaired) electrons. The highest BCUT2D eigenvalue weighted by atomic mass is 16.5. The van der Waals surface area contributed by atoms with Gasteiger partial charge in [0.1, 0.15) is 5.82 Å². The molecule has 5 nitrogen and oxygen atoms in total. The molecule has 3 rings (SSSR count). The predicted molar refractivity (Wildman–Crippen MR) is 118 cm³/mol. The summed E-state index contributed by atoms with van der Waals surface area (Å²) in [6.45, 7) is 9.17. The van der Waals surface area contributed by atoms with Crippen molar-refractivity contribution in [2.75, 3.05) is 11.5 Å². The van der Waals surface area contributed by atoms with E-state index in [-0.39, 0.29) is 5.95 Å². The third kappa shape index (κ3) is 7.76. The largest absolute Gasteiger partial charge is 0.383 e. The van der Waals surface area contributed by atoms with Crippen LogP contribution in [-0.2, 0) is 24.4 Å². The Balaban J connectivity index is 0.000000921. The van der Waals surface area contributed by atoms with Gasteiger partial charge in [-0.3, -0.25) is 0 Å². The van der Waals surface area contributed by atoms with Crippen LogP contribution in [0.2, 0.25) is 0 Å². The molecule has 0 bridgehead atoms. The maximum atomic E-state index is 5.90. The lowest BCUT2D eigenvalue weighted by molar-refractivity contribution is 0.107. The summed E-state index contributed by atoms with van der Waals surface area (Å²) in [5, 5.41) is 0. The number of nitrogens with two attached hydrogens (primary N) is 2. The van der Waals surface area contributed by atoms with E-state index in [4.69, 9.17) is 16.2 Å². The minimum Gasteiger partial charge on any atom is -0.383 e. The summed E-state index contributed by atoms with van der Waals surface area (Å²) < 4.78 is 5.78. The SMILES string of the molecule is CC.CC.Nc1ncc(Cc2cccc(COCc3ccccc3)c2)c(N)n1. The fourth-order valence-corrected chi connectivity index (χ4v) is 2.48. The number of aromatic nitrogens is 2. The van der Waals surface area contributed by atoms with Gasteiger partial charge in [0.15, 0.2) is 0 Å². The standard InChI is InChI=1S/C19H20N4O.2C2H6/c20-18-17(11-22-19(21)23-18)10-15-7-4-8-16(9-15)13-24-12-14-5-2-1-3-6-14;2*1-2/h1-9,11H,10,12-13H2,(H4,20,21,22,23);2*1-2H3. The highest BCUT2D eigenvalue weighted by Crippen LogP contribution is 2.16. The van der Waals surface area contributed by atoms with E-state index in [1.165, 1.54) is 5.56 Å². The molecule has 0 aliphatic carbocycles. The number of nitrogens with zero attached hydrogens (tertiary/aromatic N) is 2. The third-order valence-corrected chi connectivity index (χ3v) is 3.68. The molecule has 0 saturated heterocycles. The van der Waals surface area contributed by atoms with Gasteiger partial charge in [-0.2, -0.15) is 4.98 Å². The molecule has 28 heavy (non-hydrogen) atoms. The third-order valence-electron chi connectivity index (χ3n) is 3.68. The second-order valence-corrected chi connectivity index (χ2v) is 5.61. The van der Waals surface area contributed by atoms with Crippen molar-refractivity contribution in [2.45, 2.75) is 47.3 Å². The molecule has 150 valence electrons. The molecule has 0 fully saturated rings. The molecular formula is C23H32N4O. The number of ether oxygens (including phenoxy) is 1. The number of hydrogen-bond donors (Lipinski definition) is 2. The second kappa shape index (κ2) is 13.3. The van der Waals surface area contributed by atoms with Crippen molar-refractivity contribution in [2.24, 2.45) is 0 Å². The molecule has 0 atom stereocenters. The van der Waals surface area contributed by atoms with E-state index in [1.54, 1.807) is 6.20 Å². The molecule has 3 aromatic rings. The summed E-state index contributed by atoms with van der Waals surface area (Å²) in [4.78, 5) is 8.00. The number of benzene rings is 2. The summed E-state index contributed by atoms with van der Waals surface area (Å²) in [6.07, 6.45) is 2.34. The van der Waals surface area contributed by atoms with Gasteiger partial charge in [-0.25, -0.2) is 4.98 Å². The first kappa shape index (κ1) is 23.1. The number of nitrogen functional groups attached to an aromatic ring is 2. The number of rotatable bonds is 6. The zero-order valence-electron chi connectivity index (χ0n) is 17.4. The first-order valence-corrected chi connectivity index (χ1v) is 9.77. The van der Waals surface area contributed by atoms with Crippen LogP contribution in [-0.4, -0.2) is 9.97 Å². The van der Waals surface area contributed by atoms with Crippen molar-refractivity contribution in [1.82, 2.24) is 9.97 Å². The molecule has 2 aromatic carbocycles. The molecule has 0 spiro atoms. The van der Waals surface area contributed by atoms with Crippen molar-refractivity contribution < 1.29 is 4.74 Å². The molecule has 4 N–H and O–H groups in total. The fraction of sp³-hybridized carbons (Fsp3) is 0.304. The Hall–Kier alpha value is -2.92. The summed E-state index contributed by atoms with van der Waals surface area (Å²) in [7, 11) is 0. The molecule has 0 saturated carbocycles. The lowest BCUT2D eigenvalue weighted by Crippen LogP contribution is -2.04. The van der Waals surface area contributed by atoms with Crippen molar-refractivity contribution in [1.29, 1.82) is 0 Å². The van der Waals surface area contributed by atoms with Crippen molar-refractivity contribution in [3.63, 3.8) is 0 Å². The Morgan fingerprint density at radius 3 is 2.07 bits per heavy atom. The van der Waals surface area contributed by atoms with Crippen LogP contribution in [0.5, 0.6) is 0 Å². The quantitative estimate of drug-likeness (QED) is 0.628. The van der Waals surface area contributed by atoms with Crippen LogP contribution >= 0.6 is 0 Å². The van der Waals surface area contributed by atoms with Gasteiger partial charge in [0.05, 0.1) is 13.2 Å². The van der Waals surface area contributed by atoms with E-state index in [9.17, 15) is 0 Å². The van der Waals surface area contributed by atoms with E-state index in [0.29, 0.717) is 25.5 Å². The van der Waals surface area contributed by atoms with Crippen LogP contribution < -0.4 is 11.5 Å². The van der Waals surface area contributed by atoms with E-state index in [0.717, 1.165) is 16.7 Å². The second-order valence-electron chi connectivity index (χ2n) is 5.61. The molecule has 0 unspecified atom stereocenters. The summed E-state index contributed by atoms with van der Waals surface area (Å²) in [5.74, 6) is 0.618. The van der Waals surface area contributed by atoms with Gasteiger partial charge in [0, 0.05) is 18.2 Å². The van der Waals surface area contributed by atoms with E-state index in [1.807, 2.05) is 52.0 Å². The molecule has 0 aliphatic heterocycles. The van der Waals surface area contributed by atoms with E-state index in [2.05, 4.69) is 40.3 Å². The van der Waals surface area contributed by atoms with Gasteiger partial charge in [-0.05, 0) is 16.7 Å². The minimum atomic E-state index is 0.194. The Labute approximate surface area is 168 Å². The topological polar surface area (TPSA) is 87.0 Å². The molecular weight excluding hydrogens is 348 g/mol. The Morgan fingerprint density at radius 1 is 0.786 bits per heavy atom. The van der Waals surface area contributed by atoms with Crippen LogP contribution in [0.3, 0.4) is 0 Å². The molecule has 0 amide bonds. The predicted octanol–water partition coefficient (Wildman–Crippen LogP) is 5.00.